The fraction of sp³-hybridized carbons (Fsp3) is 0.235. The summed E-state index contributed by atoms with van der Waals surface area (Å²) in [5.74, 6) is 0.238. The van der Waals surface area contributed by atoms with Crippen molar-refractivity contribution in [2.75, 3.05) is 18.7 Å². The largest absolute Gasteiger partial charge is 0.466 e. The highest BCUT2D eigenvalue weighted by Gasteiger charge is 2.31. The second-order valence-corrected chi connectivity index (χ2v) is 6.01. The van der Waals surface area contributed by atoms with Gasteiger partial charge in [-0.1, -0.05) is 54.2 Å². The van der Waals surface area contributed by atoms with Crippen LogP contribution in [0.25, 0.3) is 6.08 Å². The number of hydrogen-bond acceptors (Lipinski definition) is 6. The lowest BCUT2D eigenvalue weighted by Crippen LogP contribution is -2.27. The Bertz CT molecular complexity index is 811. The van der Waals surface area contributed by atoms with Crippen LogP contribution < -0.4 is 5.32 Å². The molecule has 1 aromatic carbocycles. The predicted octanol–water partition coefficient (Wildman–Crippen LogP) is 3.13. The van der Waals surface area contributed by atoms with Crippen LogP contribution in [0.1, 0.15) is 18.5 Å². The molecular formula is C17H18N4O2S. The van der Waals surface area contributed by atoms with Crippen molar-refractivity contribution < 1.29 is 9.53 Å². The number of esters is 1. The molecular weight excluding hydrogens is 324 g/mol. The molecule has 7 heteroatoms. The van der Waals surface area contributed by atoms with E-state index < -0.39 is 0 Å². The van der Waals surface area contributed by atoms with Gasteiger partial charge in [-0.3, -0.25) is 0 Å². The highest BCUT2D eigenvalue weighted by atomic mass is 32.2. The summed E-state index contributed by atoms with van der Waals surface area (Å²) >= 11 is 1.45. The molecule has 2 heterocycles. The van der Waals surface area contributed by atoms with Crippen LogP contribution in [0, 0.1) is 0 Å². The van der Waals surface area contributed by atoms with E-state index in [1.807, 2.05) is 55.7 Å². The minimum absolute atomic E-state index is 0.373. The number of anilines is 1. The van der Waals surface area contributed by atoms with Crippen molar-refractivity contribution in [3.8, 4) is 0 Å². The summed E-state index contributed by atoms with van der Waals surface area (Å²) in [7, 11) is 1.38. The molecule has 1 aliphatic rings. The van der Waals surface area contributed by atoms with Crippen LogP contribution in [-0.4, -0.2) is 34.1 Å². The van der Waals surface area contributed by atoms with Gasteiger partial charge in [0.15, 0.2) is 0 Å². The molecule has 0 saturated carbocycles. The molecule has 0 fully saturated rings. The maximum absolute atomic E-state index is 12.3. The molecule has 2 aromatic rings. The van der Waals surface area contributed by atoms with E-state index in [0.717, 1.165) is 11.3 Å². The van der Waals surface area contributed by atoms with Crippen LogP contribution in [0.15, 0.2) is 52.8 Å². The Morgan fingerprint density at radius 3 is 2.79 bits per heavy atom. The number of rotatable bonds is 4. The zero-order chi connectivity index (χ0) is 17.1. The number of benzene rings is 1. The second-order valence-electron chi connectivity index (χ2n) is 5.24. The van der Waals surface area contributed by atoms with Gasteiger partial charge in [0, 0.05) is 5.70 Å². The number of nitrogens with zero attached hydrogens (tertiary/aromatic N) is 3. The average Bonchev–Trinajstić information content (AvgIpc) is 3.02. The molecule has 1 aromatic heterocycles. The molecule has 3 rings (SSSR count). The van der Waals surface area contributed by atoms with Gasteiger partial charge in [0.1, 0.15) is 6.04 Å². The number of carbonyl (C=O) groups is 1. The maximum Gasteiger partial charge on any atom is 0.338 e. The Balaban J connectivity index is 2.05. The van der Waals surface area contributed by atoms with Crippen molar-refractivity contribution in [2.24, 2.45) is 0 Å². The lowest BCUT2D eigenvalue weighted by Gasteiger charge is -2.25. The third kappa shape index (κ3) is 3.07. The quantitative estimate of drug-likeness (QED) is 0.680. The molecule has 0 unspecified atom stereocenters. The number of ether oxygens (including phenoxy) is 1. The van der Waals surface area contributed by atoms with Crippen molar-refractivity contribution in [2.45, 2.75) is 18.1 Å². The van der Waals surface area contributed by atoms with E-state index in [9.17, 15) is 4.79 Å². The topological polar surface area (TPSA) is 69.0 Å². The first-order valence-electron chi connectivity index (χ1n) is 7.44. The summed E-state index contributed by atoms with van der Waals surface area (Å²) in [5, 5.41) is 8.25. The van der Waals surface area contributed by atoms with Crippen molar-refractivity contribution in [3.63, 3.8) is 0 Å². The molecule has 0 saturated heterocycles. The van der Waals surface area contributed by atoms with Crippen molar-refractivity contribution in [3.05, 3.63) is 53.2 Å². The average molecular weight is 342 g/mol. The number of aromatic nitrogens is 3. The Hall–Kier alpha value is -2.54. The van der Waals surface area contributed by atoms with E-state index in [2.05, 4.69) is 15.4 Å². The van der Waals surface area contributed by atoms with Crippen LogP contribution in [-0.2, 0) is 9.53 Å². The molecule has 0 aliphatic carbocycles. The summed E-state index contributed by atoms with van der Waals surface area (Å²) in [6.07, 6.45) is 5.82. The molecule has 0 spiro atoms. The lowest BCUT2D eigenvalue weighted by molar-refractivity contribution is -0.136. The molecule has 24 heavy (non-hydrogen) atoms. The number of carbonyl (C=O) groups excluding carboxylic acids is 1. The summed E-state index contributed by atoms with van der Waals surface area (Å²) < 4.78 is 6.67. The first kappa shape index (κ1) is 16.3. The maximum atomic E-state index is 12.3. The summed E-state index contributed by atoms with van der Waals surface area (Å²) in [5.41, 5.74) is 2.29. The molecule has 1 atom stereocenters. The molecule has 1 N–H and O–H groups in total. The highest BCUT2D eigenvalue weighted by Crippen LogP contribution is 2.33. The number of nitrogens with one attached hydrogen (secondary N) is 1. The van der Waals surface area contributed by atoms with Gasteiger partial charge in [-0.2, -0.15) is 4.98 Å². The van der Waals surface area contributed by atoms with Gasteiger partial charge in [0.05, 0.1) is 12.7 Å². The number of methoxy groups -OCH3 is 1. The minimum Gasteiger partial charge on any atom is -0.466 e. The van der Waals surface area contributed by atoms with Crippen LogP contribution >= 0.6 is 11.8 Å². The summed E-state index contributed by atoms with van der Waals surface area (Å²) in [6, 6.07) is 9.53. The molecule has 124 valence electrons. The van der Waals surface area contributed by atoms with E-state index in [1.54, 1.807) is 4.68 Å². The van der Waals surface area contributed by atoms with E-state index >= 15 is 0 Å². The summed E-state index contributed by atoms with van der Waals surface area (Å²) in [6.45, 7) is 1.84. The molecule has 0 radical (unpaired) electrons. The van der Waals surface area contributed by atoms with Crippen molar-refractivity contribution >= 4 is 29.8 Å². The molecule has 0 bridgehead atoms. The lowest BCUT2D eigenvalue weighted by atomic mass is 10.0. The van der Waals surface area contributed by atoms with Crippen LogP contribution in [0.5, 0.6) is 0 Å². The standard InChI is InChI=1S/C17H18N4O2S/c1-11-14(15(22)23-2)13(10-9-12-7-5-4-6-8-12)21-16(18-11)19-17(20-21)24-3/h4-10,13H,1-3H3,(H,18,19,20)/b10-9+/t13-/m0/s1. The van der Waals surface area contributed by atoms with Crippen molar-refractivity contribution in [1.82, 2.24) is 14.8 Å². The van der Waals surface area contributed by atoms with Gasteiger partial charge in [-0.05, 0) is 18.7 Å². The van der Waals surface area contributed by atoms with E-state index in [1.165, 1.54) is 18.9 Å². The second kappa shape index (κ2) is 6.92. The van der Waals surface area contributed by atoms with Gasteiger partial charge >= 0.3 is 5.97 Å². The van der Waals surface area contributed by atoms with E-state index in [0.29, 0.717) is 16.7 Å². The van der Waals surface area contributed by atoms with Crippen molar-refractivity contribution in [1.29, 1.82) is 0 Å². The van der Waals surface area contributed by atoms with Gasteiger partial charge in [-0.25, -0.2) is 9.48 Å². The van der Waals surface area contributed by atoms with E-state index in [-0.39, 0.29) is 12.0 Å². The zero-order valence-corrected chi connectivity index (χ0v) is 14.5. The van der Waals surface area contributed by atoms with Crippen LogP contribution in [0.3, 0.4) is 0 Å². The van der Waals surface area contributed by atoms with Gasteiger partial charge < -0.3 is 10.1 Å². The number of thioether (sulfide) groups is 1. The number of allylic oxidation sites excluding steroid dienone is 2. The molecule has 1 aliphatic heterocycles. The van der Waals surface area contributed by atoms with Crippen LogP contribution in [0.4, 0.5) is 5.95 Å². The normalized spacial score (nSPS) is 16.9. The van der Waals surface area contributed by atoms with Gasteiger partial charge in [0.25, 0.3) is 0 Å². The Morgan fingerprint density at radius 2 is 2.12 bits per heavy atom. The Morgan fingerprint density at radius 1 is 1.38 bits per heavy atom. The molecule has 6 nitrogen and oxygen atoms in total. The zero-order valence-electron chi connectivity index (χ0n) is 13.7. The van der Waals surface area contributed by atoms with Crippen LogP contribution in [0.2, 0.25) is 0 Å². The Kier molecular flexibility index (Phi) is 4.71. The SMILES string of the molecule is COC(=O)C1=C(C)Nc2nc(SC)nn2[C@H]1/C=C/c1ccccc1. The predicted molar refractivity (Wildman–Crippen MR) is 94.7 cm³/mol. The van der Waals surface area contributed by atoms with Gasteiger partial charge in [0.2, 0.25) is 11.1 Å². The van der Waals surface area contributed by atoms with E-state index in [4.69, 9.17) is 4.74 Å². The fourth-order valence-electron chi connectivity index (χ4n) is 2.58. The highest BCUT2D eigenvalue weighted by molar-refractivity contribution is 7.98. The molecule has 0 amide bonds. The first-order chi connectivity index (χ1) is 11.6. The first-order valence-corrected chi connectivity index (χ1v) is 8.66. The van der Waals surface area contributed by atoms with Gasteiger partial charge in [-0.15, -0.1) is 5.10 Å². The summed E-state index contributed by atoms with van der Waals surface area (Å²) in [4.78, 5) is 16.7. The minimum atomic E-state index is -0.380. The third-order valence-corrected chi connectivity index (χ3v) is 4.27. The monoisotopic (exact) mass is 342 g/mol. The number of hydrogen-bond donors (Lipinski definition) is 1. The number of fused-ring (bicyclic) bond motifs is 1. The Labute approximate surface area is 144 Å². The fourth-order valence-corrected chi connectivity index (χ4v) is 2.92. The third-order valence-electron chi connectivity index (χ3n) is 3.73. The smallest absolute Gasteiger partial charge is 0.338 e.